The van der Waals surface area contributed by atoms with E-state index in [4.69, 9.17) is 15.1 Å². The summed E-state index contributed by atoms with van der Waals surface area (Å²) in [5.41, 5.74) is 4.81. The molecule has 2 fully saturated rings. The molecule has 6 nitrogen and oxygen atoms in total. The number of benzene rings is 1. The van der Waals surface area contributed by atoms with Crippen molar-refractivity contribution < 1.29 is 0 Å². The molecule has 2 aliphatic rings. The fourth-order valence-electron chi connectivity index (χ4n) is 4.76. The van der Waals surface area contributed by atoms with Gasteiger partial charge in [0.1, 0.15) is 11.6 Å². The van der Waals surface area contributed by atoms with Crippen LogP contribution in [0.1, 0.15) is 49.1 Å². The minimum absolute atomic E-state index is 0.623. The van der Waals surface area contributed by atoms with Gasteiger partial charge in [0.25, 0.3) is 0 Å². The van der Waals surface area contributed by atoms with E-state index >= 15 is 0 Å². The molecule has 1 atom stereocenters. The van der Waals surface area contributed by atoms with Crippen LogP contribution in [0.15, 0.2) is 24.4 Å². The first kappa shape index (κ1) is 19.7. The highest BCUT2D eigenvalue weighted by molar-refractivity contribution is 6.38. The molecule has 7 heteroatoms. The Kier molecular flexibility index (Phi) is 5.33. The van der Waals surface area contributed by atoms with Gasteiger partial charge in [-0.3, -0.25) is 0 Å². The van der Waals surface area contributed by atoms with E-state index in [0.717, 1.165) is 63.8 Å². The van der Waals surface area contributed by atoms with Crippen LogP contribution in [0.5, 0.6) is 0 Å². The molecule has 0 spiro atoms. The Hall–Kier alpha value is -2.25. The molecule has 2 aromatic heterocycles. The topological polar surface area (TPSA) is 58.9 Å². The van der Waals surface area contributed by atoms with Crippen LogP contribution < -0.4 is 10.2 Å². The minimum atomic E-state index is 0.623. The standard InChI is InChI=1S/C23H30N6Si/c1-15-10-19-13-25-29(21(19)11-20(15)18-4-7-24-8-5-18)23-12-22(26-17(3)27-23)28-9-6-16(2)30-14-28/h10-13,16,18,24H,4-9,14H2,1-3H3/t16-/m0/s1. The first-order chi connectivity index (χ1) is 14.6. The minimum Gasteiger partial charge on any atom is -0.360 e. The largest absolute Gasteiger partial charge is 0.360 e. The second-order valence-corrected chi connectivity index (χ2v) is 10.5. The van der Waals surface area contributed by atoms with Gasteiger partial charge in [0.05, 0.1) is 21.2 Å². The van der Waals surface area contributed by atoms with Crippen molar-refractivity contribution in [3.63, 3.8) is 0 Å². The number of hydrogen-bond donors (Lipinski definition) is 1. The molecular weight excluding hydrogens is 388 g/mol. The highest BCUT2D eigenvalue weighted by Gasteiger charge is 2.21. The van der Waals surface area contributed by atoms with E-state index in [1.807, 2.05) is 17.8 Å². The molecule has 2 radical (unpaired) electrons. The number of nitrogens with one attached hydrogen (secondary N) is 1. The molecular formula is C23H30N6Si. The summed E-state index contributed by atoms with van der Waals surface area (Å²) in [6.45, 7) is 9.85. The smallest absolute Gasteiger partial charge is 0.159 e. The zero-order valence-electron chi connectivity index (χ0n) is 18.1. The molecule has 0 unspecified atom stereocenters. The maximum Gasteiger partial charge on any atom is 0.159 e. The second-order valence-electron chi connectivity index (χ2n) is 8.80. The lowest BCUT2D eigenvalue weighted by molar-refractivity contribution is 0.459. The Morgan fingerprint density at radius 1 is 1.03 bits per heavy atom. The van der Waals surface area contributed by atoms with E-state index in [-0.39, 0.29) is 0 Å². The van der Waals surface area contributed by atoms with E-state index in [1.54, 1.807) is 0 Å². The predicted octanol–water partition coefficient (Wildman–Crippen LogP) is 3.58. The fourth-order valence-corrected chi connectivity index (χ4v) is 5.94. The average Bonchev–Trinajstić information content (AvgIpc) is 3.16. The van der Waals surface area contributed by atoms with Crippen molar-refractivity contribution in [1.29, 1.82) is 0 Å². The van der Waals surface area contributed by atoms with Crippen molar-refractivity contribution in [2.75, 3.05) is 30.7 Å². The SMILES string of the molecule is Cc1nc(N2CC[C@H](C)[Si]C2)cc(-n2ncc3cc(C)c(C4CCNCC4)cc32)n1. The van der Waals surface area contributed by atoms with Crippen molar-refractivity contribution >= 4 is 26.2 Å². The summed E-state index contributed by atoms with van der Waals surface area (Å²) in [4.78, 5) is 11.9. The average molecular weight is 419 g/mol. The Morgan fingerprint density at radius 3 is 2.60 bits per heavy atom. The van der Waals surface area contributed by atoms with Crippen LogP contribution in [0.2, 0.25) is 5.54 Å². The Bertz CT molecular complexity index is 1050. The molecule has 2 saturated heterocycles. The van der Waals surface area contributed by atoms with E-state index in [9.17, 15) is 0 Å². The van der Waals surface area contributed by atoms with E-state index in [0.29, 0.717) is 5.92 Å². The zero-order valence-corrected chi connectivity index (χ0v) is 19.1. The molecule has 1 N–H and O–H groups in total. The quantitative estimate of drug-likeness (QED) is 0.659. The molecule has 3 aromatic rings. The predicted molar refractivity (Wildman–Crippen MR) is 123 cm³/mol. The van der Waals surface area contributed by atoms with Crippen LogP contribution >= 0.6 is 0 Å². The fraction of sp³-hybridized carbons (Fsp3) is 0.522. The van der Waals surface area contributed by atoms with Gasteiger partial charge in [-0.15, -0.1) is 0 Å². The molecule has 2 aliphatic heterocycles. The third-order valence-corrected chi connectivity index (χ3v) is 8.10. The van der Waals surface area contributed by atoms with Gasteiger partial charge in [-0.2, -0.15) is 5.10 Å². The Labute approximate surface area is 180 Å². The summed E-state index contributed by atoms with van der Waals surface area (Å²) in [5.74, 6) is 3.33. The molecule has 30 heavy (non-hydrogen) atoms. The van der Waals surface area contributed by atoms with Gasteiger partial charge in [0.15, 0.2) is 5.82 Å². The third kappa shape index (κ3) is 3.76. The summed E-state index contributed by atoms with van der Waals surface area (Å²) in [6, 6.07) is 6.76. The van der Waals surface area contributed by atoms with Crippen LogP contribution in [-0.4, -0.2) is 55.1 Å². The first-order valence-corrected chi connectivity index (χ1v) is 12.4. The lowest BCUT2D eigenvalue weighted by Gasteiger charge is -2.31. The lowest BCUT2D eigenvalue weighted by Crippen LogP contribution is -2.37. The van der Waals surface area contributed by atoms with Crippen LogP contribution in [0.3, 0.4) is 0 Å². The third-order valence-electron chi connectivity index (χ3n) is 6.55. The maximum absolute atomic E-state index is 4.76. The van der Waals surface area contributed by atoms with Gasteiger partial charge in [-0.05, 0) is 80.9 Å². The lowest BCUT2D eigenvalue weighted by atomic mass is 9.87. The number of aromatic nitrogens is 4. The number of anilines is 1. The molecule has 0 aliphatic carbocycles. The van der Waals surface area contributed by atoms with Gasteiger partial charge in [-0.25, -0.2) is 14.6 Å². The van der Waals surface area contributed by atoms with Crippen molar-refractivity contribution in [3.05, 3.63) is 41.3 Å². The van der Waals surface area contributed by atoms with E-state index in [1.165, 1.54) is 35.8 Å². The Balaban J connectivity index is 1.54. The molecule has 156 valence electrons. The normalized spacial score (nSPS) is 20.8. The van der Waals surface area contributed by atoms with E-state index < -0.39 is 0 Å². The van der Waals surface area contributed by atoms with Crippen molar-refractivity contribution in [3.8, 4) is 5.82 Å². The van der Waals surface area contributed by atoms with Crippen LogP contribution in [0.25, 0.3) is 16.7 Å². The maximum atomic E-state index is 4.76. The number of fused-ring (bicyclic) bond motifs is 1. The molecule has 4 heterocycles. The van der Waals surface area contributed by atoms with Gasteiger partial charge >= 0.3 is 0 Å². The van der Waals surface area contributed by atoms with Crippen molar-refractivity contribution in [2.24, 2.45) is 0 Å². The second kappa shape index (κ2) is 8.11. The number of piperidine rings is 1. The summed E-state index contributed by atoms with van der Waals surface area (Å²) in [5, 5.41) is 9.39. The van der Waals surface area contributed by atoms with E-state index in [2.05, 4.69) is 42.3 Å². The Morgan fingerprint density at radius 2 is 1.83 bits per heavy atom. The molecule has 0 bridgehead atoms. The van der Waals surface area contributed by atoms with Gasteiger partial charge < -0.3 is 10.2 Å². The van der Waals surface area contributed by atoms with Gasteiger partial charge in [-0.1, -0.05) is 6.92 Å². The van der Waals surface area contributed by atoms with Crippen LogP contribution in [0, 0.1) is 13.8 Å². The number of rotatable bonds is 3. The highest BCUT2D eigenvalue weighted by Crippen LogP contribution is 2.32. The molecule has 0 saturated carbocycles. The van der Waals surface area contributed by atoms with Crippen LogP contribution in [0.4, 0.5) is 5.82 Å². The summed E-state index contributed by atoms with van der Waals surface area (Å²) in [7, 11) is 0.969. The summed E-state index contributed by atoms with van der Waals surface area (Å²) < 4.78 is 2.01. The van der Waals surface area contributed by atoms with Gasteiger partial charge in [0, 0.05) is 24.2 Å². The zero-order chi connectivity index (χ0) is 20.7. The first-order valence-electron chi connectivity index (χ1n) is 11.1. The molecule has 0 amide bonds. The van der Waals surface area contributed by atoms with Crippen LogP contribution in [-0.2, 0) is 0 Å². The van der Waals surface area contributed by atoms with Gasteiger partial charge in [0.2, 0.25) is 0 Å². The number of nitrogens with zero attached hydrogens (tertiary/aromatic N) is 5. The summed E-state index contributed by atoms with van der Waals surface area (Å²) >= 11 is 0. The van der Waals surface area contributed by atoms with Crippen molar-refractivity contribution in [2.45, 2.75) is 51.5 Å². The number of aryl methyl sites for hydroxylation is 2. The highest BCUT2D eigenvalue weighted by atomic mass is 28.2. The summed E-state index contributed by atoms with van der Waals surface area (Å²) in [6.07, 6.45) is 6.70. The monoisotopic (exact) mass is 418 g/mol. The molecule has 1 aromatic carbocycles. The molecule has 5 rings (SSSR count). The van der Waals surface area contributed by atoms with Crippen molar-refractivity contribution in [1.82, 2.24) is 25.1 Å². The number of hydrogen-bond acceptors (Lipinski definition) is 5.